The zero-order chi connectivity index (χ0) is 21.3. The second-order valence-electron chi connectivity index (χ2n) is 6.75. The van der Waals surface area contributed by atoms with Crippen molar-refractivity contribution in [3.8, 4) is 17.1 Å². The number of methoxy groups -OCH3 is 1. The zero-order valence-electron chi connectivity index (χ0n) is 17.4. The van der Waals surface area contributed by atoms with E-state index in [1.54, 1.807) is 26.3 Å². The van der Waals surface area contributed by atoms with Crippen LogP contribution >= 0.6 is 11.6 Å². The lowest BCUT2D eigenvalue weighted by Gasteiger charge is -2.12. The maximum absolute atomic E-state index is 5.91. The summed E-state index contributed by atoms with van der Waals surface area (Å²) >= 11 is 5.91. The summed E-state index contributed by atoms with van der Waals surface area (Å²) in [5, 5.41) is 11.3. The van der Waals surface area contributed by atoms with E-state index < -0.39 is 0 Å². The molecular formula is C22H26ClN5O2. The van der Waals surface area contributed by atoms with Crippen molar-refractivity contribution in [2.45, 2.75) is 19.8 Å². The van der Waals surface area contributed by atoms with Gasteiger partial charge in [0, 0.05) is 37.1 Å². The van der Waals surface area contributed by atoms with Crippen LogP contribution < -0.4 is 15.4 Å². The van der Waals surface area contributed by atoms with Gasteiger partial charge >= 0.3 is 0 Å². The Labute approximate surface area is 181 Å². The largest absolute Gasteiger partial charge is 0.496 e. The standard InChI is InChI=1S/C22H26ClN5O2/c1-15-4-5-16(14-19(15)29-3)10-12-25-22(24-2)26-13-11-20-27-21(28-30-20)17-6-8-18(23)9-7-17/h4-9,14H,10-13H2,1-3H3,(H2,24,25,26). The van der Waals surface area contributed by atoms with Crippen LogP contribution in [0.15, 0.2) is 52.0 Å². The van der Waals surface area contributed by atoms with Crippen LogP contribution in [-0.2, 0) is 12.8 Å². The van der Waals surface area contributed by atoms with Gasteiger partial charge in [0.1, 0.15) is 5.75 Å². The van der Waals surface area contributed by atoms with Crippen LogP contribution in [0.4, 0.5) is 0 Å². The number of nitrogens with one attached hydrogen (secondary N) is 2. The van der Waals surface area contributed by atoms with E-state index in [1.165, 1.54) is 5.56 Å². The number of ether oxygens (including phenoxy) is 1. The fourth-order valence-corrected chi connectivity index (χ4v) is 3.05. The summed E-state index contributed by atoms with van der Waals surface area (Å²) in [4.78, 5) is 8.67. The Morgan fingerprint density at radius 2 is 1.83 bits per heavy atom. The molecule has 30 heavy (non-hydrogen) atoms. The molecule has 1 heterocycles. The first-order valence-electron chi connectivity index (χ1n) is 9.75. The number of nitrogens with zero attached hydrogens (tertiary/aromatic N) is 3. The molecular weight excluding hydrogens is 402 g/mol. The fraction of sp³-hybridized carbons (Fsp3) is 0.318. The molecule has 0 aliphatic heterocycles. The lowest BCUT2D eigenvalue weighted by Crippen LogP contribution is -2.39. The van der Waals surface area contributed by atoms with Crippen LogP contribution in [0.1, 0.15) is 17.0 Å². The molecule has 0 fully saturated rings. The van der Waals surface area contributed by atoms with Crippen molar-refractivity contribution in [2.75, 3.05) is 27.2 Å². The van der Waals surface area contributed by atoms with E-state index in [0.29, 0.717) is 29.7 Å². The number of rotatable bonds is 8. The maximum atomic E-state index is 5.91. The summed E-state index contributed by atoms with van der Waals surface area (Å²) < 4.78 is 10.7. The Morgan fingerprint density at radius 3 is 2.53 bits per heavy atom. The lowest BCUT2D eigenvalue weighted by molar-refractivity contribution is 0.378. The van der Waals surface area contributed by atoms with Crippen LogP contribution in [-0.4, -0.2) is 43.3 Å². The van der Waals surface area contributed by atoms with Crippen LogP contribution in [0.3, 0.4) is 0 Å². The second-order valence-corrected chi connectivity index (χ2v) is 7.18. The highest BCUT2D eigenvalue weighted by Gasteiger charge is 2.09. The van der Waals surface area contributed by atoms with Crippen LogP contribution in [0.25, 0.3) is 11.4 Å². The predicted molar refractivity (Wildman–Crippen MR) is 119 cm³/mol. The average molecular weight is 428 g/mol. The summed E-state index contributed by atoms with van der Waals surface area (Å²) in [5.74, 6) is 2.76. The molecule has 0 saturated carbocycles. The van der Waals surface area contributed by atoms with Gasteiger partial charge in [0.15, 0.2) is 5.96 Å². The minimum absolute atomic E-state index is 0.553. The number of aryl methyl sites for hydroxylation is 1. The van der Waals surface area contributed by atoms with Crippen molar-refractivity contribution >= 4 is 17.6 Å². The van der Waals surface area contributed by atoms with Crippen molar-refractivity contribution < 1.29 is 9.26 Å². The number of hydrogen-bond acceptors (Lipinski definition) is 5. The number of benzene rings is 2. The molecule has 2 N–H and O–H groups in total. The Kier molecular flexibility index (Phi) is 7.68. The first-order valence-corrected chi connectivity index (χ1v) is 10.1. The van der Waals surface area contributed by atoms with E-state index in [0.717, 1.165) is 35.8 Å². The Bertz CT molecular complexity index is 985. The summed E-state index contributed by atoms with van der Waals surface area (Å²) in [5.41, 5.74) is 3.21. The van der Waals surface area contributed by atoms with Gasteiger partial charge in [-0.15, -0.1) is 0 Å². The van der Waals surface area contributed by atoms with E-state index in [9.17, 15) is 0 Å². The van der Waals surface area contributed by atoms with Gasteiger partial charge in [-0.3, -0.25) is 4.99 Å². The zero-order valence-corrected chi connectivity index (χ0v) is 18.2. The van der Waals surface area contributed by atoms with Gasteiger partial charge in [0.05, 0.1) is 7.11 Å². The number of halogens is 1. The number of aliphatic imine (C=N–C) groups is 1. The fourth-order valence-electron chi connectivity index (χ4n) is 2.93. The molecule has 1 aromatic heterocycles. The van der Waals surface area contributed by atoms with Gasteiger partial charge in [-0.1, -0.05) is 28.9 Å². The third-order valence-electron chi connectivity index (χ3n) is 4.60. The maximum Gasteiger partial charge on any atom is 0.228 e. The summed E-state index contributed by atoms with van der Waals surface area (Å²) in [7, 11) is 3.44. The Hall–Kier alpha value is -3.06. The first-order chi connectivity index (χ1) is 14.6. The molecule has 7 nitrogen and oxygen atoms in total. The molecule has 0 aliphatic carbocycles. The average Bonchev–Trinajstić information content (AvgIpc) is 3.23. The summed E-state index contributed by atoms with van der Waals surface area (Å²) in [6, 6.07) is 13.6. The SMILES string of the molecule is CN=C(NCCc1ccc(C)c(OC)c1)NCCc1nc(-c2ccc(Cl)cc2)no1. The van der Waals surface area contributed by atoms with Gasteiger partial charge in [-0.25, -0.2) is 0 Å². The highest BCUT2D eigenvalue weighted by Crippen LogP contribution is 2.19. The number of hydrogen-bond donors (Lipinski definition) is 2. The molecule has 0 spiro atoms. The molecule has 0 saturated heterocycles. The van der Waals surface area contributed by atoms with Crippen molar-refractivity contribution in [2.24, 2.45) is 4.99 Å². The molecule has 0 unspecified atom stereocenters. The van der Waals surface area contributed by atoms with Crippen molar-refractivity contribution in [3.05, 3.63) is 64.5 Å². The Morgan fingerprint density at radius 1 is 1.10 bits per heavy atom. The van der Waals surface area contributed by atoms with Crippen LogP contribution in [0.2, 0.25) is 5.02 Å². The molecule has 158 valence electrons. The van der Waals surface area contributed by atoms with E-state index in [4.69, 9.17) is 20.9 Å². The van der Waals surface area contributed by atoms with Gasteiger partial charge in [-0.2, -0.15) is 4.98 Å². The lowest BCUT2D eigenvalue weighted by atomic mass is 10.1. The Balaban J connectivity index is 1.43. The van der Waals surface area contributed by atoms with E-state index >= 15 is 0 Å². The van der Waals surface area contributed by atoms with Gasteiger partial charge in [0.2, 0.25) is 11.7 Å². The van der Waals surface area contributed by atoms with Gasteiger partial charge < -0.3 is 19.9 Å². The molecule has 0 bridgehead atoms. The van der Waals surface area contributed by atoms with Gasteiger partial charge in [-0.05, 0) is 54.8 Å². The predicted octanol–water partition coefficient (Wildman–Crippen LogP) is 3.66. The molecule has 2 aromatic carbocycles. The van der Waals surface area contributed by atoms with Crippen molar-refractivity contribution in [1.82, 2.24) is 20.8 Å². The normalized spacial score (nSPS) is 11.4. The highest BCUT2D eigenvalue weighted by atomic mass is 35.5. The second kappa shape index (κ2) is 10.6. The minimum Gasteiger partial charge on any atom is -0.496 e. The topological polar surface area (TPSA) is 84.6 Å². The minimum atomic E-state index is 0.553. The number of aromatic nitrogens is 2. The molecule has 3 rings (SSSR count). The molecule has 0 atom stereocenters. The van der Waals surface area contributed by atoms with E-state index in [1.807, 2.05) is 19.1 Å². The van der Waals surface area contributed by atoms with Crippen LogP contribution in [0.5, 0.6) is 5.75 Å². The van der Waals surface area contributed by atoms with E-state index in [2.05, 4.69) is 44.0 Å². The van der Waals surface area contributed by atoms with Crippen LogP contribution in [0, 0.1) is 6.92 Å². The van der Waals surface area contributed by atoms with E-state index in [-0.39, 0.29) is 0 Å². The van der Waals surface area contributed by atoms with Crippen molar-refractivity contribution in [3.63, 3.8) is 0 Å². The van der Waals surface area contributed by atoms with Gasteiger partial charge in [0.25, 0.3) is 0 Å². The number of guanidine groups is 1. The third kappa shape index (κ3) is 5.97. The molecule has 0 aliphatic rings. The summed E-state index contributed by atoms with van der Waals surface area (Å²) in [6.45, 7) is 3.42. The first kappa shape index (κ1) is 21.6. The molecule has 8 heteroatoms. The van der Waals surface area contributed by atoms with Crippen molar-refractivity contribution in [1.29, 1.82) is 0 Å². The summed E-state index contributed by atoms with van der Waals surface area (Å²) in [6.07, 6.45) is 1.46. The molecule has 3 aromatic rings. The molecule has 0 radical (unpaired) electrons. The third-order valence-corrected chi connectivity index (χ3v) is 4.86. The quantitative estimate of drug-likeness (QED) is 0.421. The highest BCUT2D eigenvalue weighted by molar-refractivity contribution is 6.30. The molecule has 0 amide bonds. The smallest absolute Gasteiger partial charge is 0.228 e. The monoisotopic (exact) mass is 427 g/mol.